The molecule has 2 fully saturated rings. The molecule has 1 amide bonds. The largest absolute Gasteiger partial charge is 0.390 e. The maximum Gasteiger partial charge on any atom is 0.390 e. The lowest BCUT2D eigenvalue weighted by Crippen LogP contribution is -2.82. The van der Waals surface area contributed by atoms with Crippen molar-refractivity contribution in [3.8, 4) is 0 Å². The zero-order valence-corrected chi connectivity index (χ0v) is 11.7. The second-order valence-corrected chi connectivity index (χ2v) is 6.25. The number of halogens is 3. The summed E-state index contributed by atoms with van der Waals surface area (Å²) in [6, 6.07) is 0. The molecule has 0 aromatic rings. The van der Waals surface area contributed by atoms with Crippen molar-refractivity contribution in [1.29, 1.82) is 0 Å². The first kappa shape index (κ1) is 15.6. The highest BCUT2D eigenvalue weighted by Gasteiger charge is 2.70. The van der Waals surface area contributed by atoms with Gasteiger partial charge in [-0.3, -0.25) is 4.79 Å². The molecule has 1 heterocycles. The molecule has 1 saturated carbocycles. The van der Waals surface area contributed by atoms with Crippen LogP contribution < -0.4 is 11.1 Å². The molecule has 0 bridgehead atoms. The normalized spacial score (nSPS) is 35.9. The van der Waals surface area contributed by atoms with Crippen LogP contribution in [-0.2, 0) is 9.53 Å². The van der Waals surface area contributed by atoms with Gasteiger partial charge in [0.1, 0.15) is 5.54 Å². The monoisotopic (exact) mass is 294 g/mol. The molecule has 1 aliphatic heterocycles. The zero-order valence-electron chi connectivity index (χ0n) is 11.7. The van der Waals surface area contributed by atoms with Crippen LogP contribution in [-0.4, -0.2) is 36.9 Å². The molecule has 2 rings (SSSR count). The van der Waals surface area contributed by atoms with Gasteiger partial charge in [-0.05, 0) is 12.8 Å². The number of carbonyl (C=O) groups is 1. The van der Waals surface area contributed by atoms with Crippen LogP contribution in [0.2, 0.25) is 0 Å². The number of rotatable bonds is 3. The number of amides is 1. The topological polar surface area (TPSA) is 64.3 Å². The zero-order chi connectivity index (χ0) is 15.2. The van der Waals surface area contributed by atoms with Crippen LogP contribution in [0.3, 0.4) is 0 Å². The van der Waals surface area contributed by atoms with Gasteiger partial charge < -0.3 is 15.8 Å². The van der Waals surface area contributed by atoms with Crippen molar-refractivity contribution < 1.29 is 22.7 Å². The highest BCUT2D eigenvalue weighted by atomic mass is 19.4. The van der Waals surface area contributed by atoms with Crippen LogP contribution in [0.25, 0.3) is 0 Å². The summed E-state index contributed by atoms with van der Waals surface area (Å²) in [6.07, 6.45) is -3.81. The fourth-order valence-corrected chi connectivity index (χ4v) is 3.50. The third kappa shape index (κ3) is 2.30. The molecule has 20 heavy (non-hydrogen) atoms. The lowest BCUT2D eigenvalue weighted by Gasteiger charge is -2.65. The fourth-order valence-electron chi connectivity index (χ4n) is 3.50. The molecule has 4 nitrogen and oxygen atoms in total. The van der Waals surface area contributed by atoms with Gasteiger partial charge in [-0.25, -0.2) is 0 Å². The van der Waals surface area contributed by atoms with Gasteiger partial charge in [0.25, 0.3) is 0 Å². The Morgan fingerprint density at radius 2 is 2.10 bits per heavy atom. The third-order valence-corrected chi connectivity index (χ3v) is 4.75. The third-order valence-electron chi connectivity index (χ3n) is 4.75. The molecule has 1 saturated heterocycles. The Hall–Kier alpha value is -0.820. The summed E-state index contributed by atoms with van der Waals surface area (Å²) < 4.78 is 42.0. The molecule has 0 aromatic heterocycles. The van der Waals surface area contributed by atoms with E-state index in [1.165, 1.54) is 0 Å². The lowest BCUT2D eigenvalue weighted by molar-refractivity contribution is -0.225. The minimum atomic E-state index is -4.28. The minimum Gasteiger partial charge on any atom is -0.377 e. The van der Waals surface area contributed by atoms with Crippen molar-refractivity contribution in [3.63, 3.8) is 0 Å². The Kier molecular flexibility index (Phi) is 3.79. The van der Waals surface area contributed by atoms with Gasteiger partial charge in [0.2, 0.25) is 5.91 Å². The van der Waals surface area contributed by atoms with Gasteiger partial charge in [-0.1, -0.05) is 13.8 Å². The number of nitrogens with one attached hydrogen (secondary N) is 1. The van der Waals surface area contributed by atoms with E-state index in [-0.39, 0.29) is 12.0 Å². The Labute approximate surface area is 116 Å². The Morgan fingerprint density at radius 1 is 1.45 bits per heavy atom. The standard InChI is InChI=1S/C13H21F3N2O2/c1-11(2)9-8(4-3-7-20-9)13(11,17)10(19)18-6-5-12(14,15)16/h8-9H,3-7,17H2,1-2H3,(H,18,19). The number of hydrogen-bond acceptors (Lipinski definition) is 3. The fraction of sp³-hybridized carbons (Fsp3) is 0.923. The highest BCUT2D eigenvalue weighted by Crippen LogP contribution is 2.57. The van der Waals surface area contributed by atoms with Gasteiger partial charge >= 0.3 is 6.18 Å². The number of hydrogen-bond donors (Lipinski definition) is 2. The number of nitrogens with two attached hydrogens (primary N) is 1. The van der Waals surface area contributed by atoms with E-state index >= 15 is 0 Å². The summed E-state index contributed by atoms with van der Waals surface area (Å²) >= 11 is 0. The lowest BCUT2D eigenvalue weighted by atomic mass is 9.46. The quantitative estimate of drug-likeness (QED) is 0.831. The molecule has 7 heteroatoms. The van der Waals surface area contributed by atoms with Crippen molar-refractivity contribution in [1.82, 2.24) is 5.32 Å². The number of fused-ring (bicyclic) bond motifs is 1. The SMILES string of the molecule is CC1(C)C2OCCCC2C1(N)C(=O)NCCC(F)(F)F. The predicted molar refractivity (Wildman–Crippen MR) is 66.8 cm³/mol. The van der Waals surface area contributed by atoms with Crippen LogP contribution in [0.5, 0.6) is 0 Å². The molecule has 2 aliphatic rings. The van der Waals surface area contributed by atoms with Gasteiger partial charge in [-0.15, -0.1) is 0 Å². The minimum absolute atomic E-state index is 0.0883. The van der Waals surface area contributed by atoms with E-state index in [9.17, 15) is 18.0 Å². The van der Waals surface area contributed by atoms with E-state index < -0.39 is 36.0 Å². The second kappa shape index (κ2) is 4.87. The molecule has 0 spiro atoms. The molecule has 3 unspecified atom stereocenters. The highest BCUT2D eigenvalue weighted by molar-refractivity contribution is 5.89. The predicted octanol–water partition coefficient (Wildman–Crippen LogP) is 1.59. The Balaban J connectivity index is 2.00. The van der Waals surface area contributed by atoms with E-state index in [0.29, 0.717) is 6.61 Å². The molecule has 1 aliphatic carbocycles. The van der Waals surface area contributed by atoms with Gasteiger partial charge in [0.05, 0.1) is 12.5 Å². The molecule has 116 valence electrons. The molecular formula is C13H21F3N2O2. The summed E-state index contributed by atoms with van der Waals surface area (Å²) in [4.78, 5) is 12.2. The van der Waals surface area contributed by atoms with Crippen molar-refractivity contribution in [2.24, 2.45) is 17.1 Å². The summed E-state index contributed by atoms with van der Waals surface area (Å²) in [6.45, 7) is 3.89. The van der Waals surface area contributed by atoms with Crippen LogP contribution in [0.4, 0.5) is 13.2 Å². The van der Waals surface area contributed by atoms with Crippen LogP contribution in [0, 0.1) is 11.3 Å². The molecule has 3 N–H and O–H groups in total. The van der Waals surface area contributed by atoms with Crippen LogP contribution in [0.15, 0.2) is 0 Å². The molecular weight excluding hydrogens is 273 g/mol. The first-order valence-electron chi connectivity index (χ1n) is 6.86. The molecule has 0 radical (unpaired) electrons. The van der Waals surface area contributed by atoms with Gasteiger partial charge in [0.15, 0.2) is 0 Å². The van der Waals surface area contributed by atoms with E-state index in [1.54, 1.807) is 0 Å². The van der Waals surface area contributed by atoms with Crippen LogP contribution in [0.1, 0.15) is 33.1 Å². The molecule has 0 aromatic carbocycles. The van der Waals surface area contributed by atoms with E-state index in [2.05, 4.69) is 5.32 Å². The molecule has 3 atom stereocenters. The van der Waals surface area contributed by atoms with Crippen LogP contribution >= 0.6 is 0 Å². The van der Waals surface area contributed by atoms with Crippen molar-refractivity contribution in [2.75, 3.05) is 13.2 Å². The van der Waals surface area contributed by atoms with E-state index in [4.69, 9.17) is 10.5 Å². The summed E-state index contributed by atoms with van der Waals surface area (Å²) in [5.41, 5.74) is 4.54. The summed E-state index contributed by atoms with van der Waals surface area (Å²) in [5, 5.41) is 2.33. The van der Waals surface area contributed by atoms with Crippen molar-refractivity contribution in [2.45, 2.75) is 50.9 Å². The Morgan fingerprint density at radius 3 is 2.70 bits per heavy atom. The number of carbonyl (C=O) groups excluding carboxylic acids is 1. The van der Waals surface area contributed by atoms with E-state index in [0.717, 1.165) is 12.8 Å². The van der Waals surface area contributed by atoms with Gasteiger partial charge in [0, 0.05) is 24.5 Å². The maximum atomic E-state index is 12.2. The number of ether oxygens (including phenoxy) is 1. The number of alkyl halides is 3. The van der Waals surface area contributed by atoms with Crippen molar-refractivity contribution >= 4 is 5.91 Å². The maximum absolute atomic E-state index is 12.2. The average molecular weight is 294 g/mol. The van der Waals surface area contributed by atoms with E-state index in [1.807, 2.05) is 13.8 Å². The first-order valence-corrected chi connectivity index (χ1v) is 6.86. The summed E-state index contributed by atoms with van der Waals surface area (Å²) in [7, 11) is 0. The average Bonchev–Trinajstić information content (AvgIpc) is 2.36. The smallest absolute Gasteiger partial charge is 0.377 e. The van der Waals surface area contributed by atoms with Gasteiger partial charge in [-0.2, -0.15) is 13.2 Å². The Bertz CT molecular complexity index is 398. The summed E-state index contributed by atoms with van der Waals surface area (Å²) in [5.74, 6) is -0.615. The van der Waals surface area contributed by atoms with Crippen molar-refractivity contribution in [3.05, 3.63) is 0 Å². The second-order valence-electron chi connectivity index (χ2n) is 6.25. The first-order chi connectivity index (χ1) is 9.11.